The number of aromatic nitrogens is 2. The number of oxime groups is 1. The molecule has 0 spiro atoms. The monoisotopic (exact) mass is 253 g/mol. The third-order valence-electron chi connectivity index (χ3n) is 2.67. The van der Waals surface area contributed by atoms with E-state index in [9.17, 15) is 4.79 Å². The highest BCUT2D eigenvalue weighted by Crippen LogP contribution is 2.07. The number of carbonyl (C=O) groups excluding carboxylic acids is 1. The molecule has 0 bridgehead atoms. The van der Waals surface area contributed by atoms with Gasteiger partial charge in [-0.15, -0.1) is 0 Å². The van der Waals surface area contributed by atoms with Crippen LogP contribution in [0.15, 0.2) is 11.4 Å². The van der Waals surface area contributed by atoms with Gasteiger partial charge in [0.2, 0.25) is 0 Å². The van der Waals surface area contributed by atoms with Gasteiger partial charge in [-0.2, -0.15) is 5.10 Å². The number of nitrogens with one attached hydrogen (secondary N) is 1. The Morgan fingerprint density at radius 1 is 1.67 bits per heavy atom. The zero-order chi connectivity index (χ0) is 13.7. The van der Waals surface area contributed by atoms with E-state index in [4.69, 9.17) is 10.9 Å². The standard InChI is InChI=1S/C11H19N5O2/c1-4-8-7(6-16(3)14-8)11(17)13-9(5-2)10(12)15-18/h6,9,18H,4-5H2,1-3H3,(H2,12,15)(H,13,17). The number of nitrogens with zero attached hydrogens (tertiary/aromatic N) is 3. The van der Waals surface area contributed by atoms with E-state index in [1.165, 1.54) is 0 Å². The summed E-state index contributed by atoms with van der Waals surface area (Å²) in [7, 11) is 1.76. The van der Waals surface area contributed by atoms with Crippen LogP contribution in [0, 0.1) is 0 Å². The van der Waals surface area contributed by atoms with Crippen molar-refractivity contribution in [3.05, 3.63) is 17.5 Å². The van der Waals surface area contributed by atoms with E-state index in [0.29, 0.717) is 18.4 Å². The summed E-state index contributed by atoms with van der Waals surface area (Å²) >= 11 is 0. The molecule has 0 aliphatic rings. The summed E-state index contributed by atoms with van der Waals surface area (Å²) in [5.74, 6) is -0.272. The molecule has 7 nitrogen and oxygen atoms in total. The van der Waals surface area contributed by atoms with E-state index in [1.54, 1.807) is 17.9 Å². The molecule has 100 valence electrons. The van der Waals surface area contributed by atoms with Crippen LogP contribution in [0.5, 0.6) is 0 Å². The van der Waals surface area contributed by atoms with Crippen molar-refractivity contribution in [3.8, 4) is 0 Å². The minimum Gasteiger partial charge on any atom is -0.409 e. The van der Waals surface area contributed by atoms with Gasteiger partial charge in [0.15, 0.2) is 5.84 Å². The third kappa shape index (κ3) is 2.99. The van der Waals surface area contributed by atoms with Crippen molar-refractivity contribution >= 4 is 11.7 Å². The van der Waals surface area contributed by atoms with Crippen LogP contribution in [0.4, 0.5) is 0 Å². The molecule has 7 heteroatoms. The lowest BCUT2D eigenvalue weighted by Gasteiger charge is -2.14. The summed E-state index contributed by atoms with van der Waals surface area (Å²) in [6, 6.07) is -0.479. The highest BCUT2D eigenvalue weighted by Gasteiger charge is 2.19. The SMILES string of the molecule is CCc1nn(C)cc1C(=O)NC(CC)C(N)=NO. The average molecular weight is 253 g/mol. The molecule has 0 aromatic carbocycles. The van der Waals surface area contributed by atoms with E-state index in [1.807, 2.05) is 13.8 Å². The maximum Gasteiger partial charge on any atom is 0.255 e. The number of amides is 1. The highest BCUT2D eigenvalue weighted by molar-refractivity contribution is 5.98. The van der Waals surface area contributed by atoms with Crippen LogP contribution in [0.3, 0.4) is 0 Å². The van der Waals surface area contributed by atoms with Crippen molar-refractivity contribution in [3.63, 3.8) is 0 Å². The van der Waals surface area contributed by atoms with Crippen LogP contribution in [0.25, 0.3) is 0 Å². The molecule has 0 radical (unpaired) electrons. The Balaban J connectivity index is 2.87. The van der Waals surface area contributed by atoms with Crippen molar-refractivity contribution in [2.75, 3.05) is 0 Å². The second-order valence-electron chi connectivity index (χ2n) is 3.98. The zero-order valence-corrected chi connectivity index (χ0v) is 10.8. The Morgan fingerprint density at radius 2 is 2.33 bits per heavy atom. The maximum atomic E-state index is 12.1. The molecule has 1 unspecified atom stereocenters. The molecule has 18 heavy (non-hydrogen) atoms. The lowest BCUT2D eigenvalue weighted by atomic mass is 10.1. The third-order valence-corrected chi connectivity index (χ3v) is 2.67. The smallest absolute Gasteiger partial charge is 0.255 e. The van der Waals surface area contributed by atoms with Gasteiger partial charge in [-0.25, -0.2) is 0 Å². The molecule has 0 aliphatic carbocycles. The molecule has 0 fully saturated rings. The zero-order valence-electron chi connectivity index (χ0n) is 10.8. The quantitative estimate of drug-likeness (QED) is 0.302. The number of hydrogen-bond donors (Lipinski definition) is 3. The highest BCUT2D eigenvalue weighted by atomic mass is 16.4. The van der Waals surface area contributed by atoms with Gasteiger partial charge in [-0.3, -0.25) is 9.48 Å². The second kappa shape index (κ2) is 6.04. The second-order valence-corrected chi connectivity index (χ2v) is 3.98. The summed E-state index contributed by atoms with van der Waals surface area (Å²) in [6.45, 7) is 3.77. The molecule has 4 N–H and O–H groups in total. The molecule has 0 aliphatic heterocycles. The molecule has 1 heterocycles. The number of carbonyl (C=O) groups is 1. The van der Waals surface area contributed by atoms with Crippen molar-refractivity contribution in [1.82, 2.24) is 15.1 Å². The Bertz CT molecular complexity index is 452. The van der Waals surface area contributed by atoms with Crippen molar-refractivity contribution in [1.29, 1.82) is 0 Å². The summed E-state index contributed by atoms with van der Waals surface area (Å²) in [6.07, 6.45) is 2.88. The molecular formula is C11H19N5O2. The first-order chi connectivity index (χ1) is 8.53. The van der Waals surface area contributed by atoms with Crippen LogP contribution in [0.2, 0.25) is 0 Å². The summed E-state index contributed by atoms with van der Waals surface area (Å²) in [4.78, 5) is 12.1. The van der Waals surface area contributed by atoms with Gasteiger partial charge in [-0.05, 0) is 12.8 Å². The molecule has 1 amide bonds. The number of rotatable bonds is 5. The lowest BCUT2D eigenvalue weighted by molar-refractivity contribution is 0.0944. The van der Waals surface area contributed by atoms with Gasteiger partial charge in [0.05, 0.1) is 17.3 Å². The Hall–Kier alpha value is -2.05. The number of hydrogen-bond acceptors (Lipinski definition) is 4. The Kier molecular flexibility index (Phi) is 4.70. The van der Waals surface area contributed by atoms with Gasteiger partial charge in [0, 0.05) is 13.2 Å². The van der Waals surface area contributed by atoms with Gasteiger partial charge < -0.3 is 16.3 Å². The lowest BCUT2D eigenvalue weighted by Crippen LogP contribution is -2.44. The minimum atomic E-state index is -0.479. The van der Waals surface area contributed by atoms with Gasteiger partial charge >= 0.3 is 0 Å². The van der Waals surface area contributed by atoms with Crippen LogP contribution >= 0.6 is 0 Å². The molecule has 1 rings (SSSR count). The summed E-state index contributed by atoms with van der Waals surface area (Å²) in [5, 5.41) is 18.4. The van der Waals surface area contributed by atoms with E-state index < -0.39 is 6.04 Å². The van der Waals surface area contributed by atoms with E-state index >= 15 is 0 Å². The fourth-order valence-electron chi connectivity index (χ4n) is 1.68. The first-order valence-electron chi connectivity index (χ1n) is 5.84. The van der Waals surface area contributed by atoms with Crippen LogP contribution in [-0.4, -0.2) is 32.8 Å². The first kappa shape index (κ1) is 14.0. The van der Waals surface area contributed by atoms with E-state index in [-0.39, 0.29) is 11.7 Å². The predicted octanol–water partition coefficient (Wildman–Crippen LogP) is 0.237. The van der Waals surface area contributed by atoms with Crippen LogP contribution in [0.1, 0.15) is 36.3 Å². The average Bonchev–Trinajstić information content (AvgIpc) is 2.76. The Labute approximate surface area is 106 Å². The number of aryl methyl sites for hydroxylation is 2. The Morgan fingerprint density at radius 3 is 2.83 bits per heavy atom. The first-order valence-corrected chi connectivity index (χ1v) is 5.84. The van der Waals surface area contributed by atoms with Gasteiger partial charge in [-0.1, -0.05) is 19.0 Å². The number of nitrogens with two attached hydrogens (primary N) is 1. The van der Waals surface area contributed by atoms with Crippen molar-refractivity contribution < 1.29 is 10.0 Å². The number of amidine groups is 1. The van der Waals surface area contributed by atoms with Crippen molar-refractivity contribution in [2.45, 2.75) is 32.7 Å². The predicted molar refractivity (Wildman–Crippen MR) is 67.5 cm³/mol. The van der Waals surface area contributed by atoms with E-state index in [0.717, 1.165) is 5.69 Å². The molecular weight excluding hydrogens is 234 g/mol. The molecule has 0 saturated carbocycles. The largest absolute Gasteiger partial charge is 0.409 e. The molecule has 1 aromatic rings. The summed E-state index contributed by atoms with van der Waals surface area (Å²) in [5.41, 5.74) is 6.74. The maximum absolute atomic E-state index is 12.1. The van der Waals surface area contributed by atoms with Gasteiger partial charge in [0.1, 0.15) is 0 Å². The topological polar surface area (TPSA) is 106 Å². The van der Waals surface area contributed by atoms with Crippen LogP contribution < -0.4 is 11.1 Å². The fourth-order valence-corrected chi connectivity index (χ4v) is 1.68. The molecule has 0 saturated heterocycles. The molecule has 1 aromatic heterocycles. The minimum absolute atomic E-state index is 0.00668. The van der Waals surface area contributed by atoms with Crippen molar-refractivity contribution in [2.24, 2.45) is 17.9 Å². The summed E-state index contributed by atoms with van der Waals surface area (Å²) < 4.78 is 1.60. The normalized spacial score (nSPS) is 13.4. The molecule has 1 atom stereocenters. The van der Waals surface area contributed by atoms with E-state index in [2.05, 4.69) is 15.6 Å². The van der Waals surface area contributed by atoms with Gasteiger partial charge in [0.25, 0.3) is 5.91 Å². The van der Waals surface area contributed by atoms with Crippen LogP contribution in [-0.2, 0) is 13.5 Å². The fraction of sp³-hybridized carbons (Fsp3) is 0.545.